The van der Waals surface area contributed by atoms with Crippen LogP contribution in [-0.2, 0) is 0 Å². The molecule has 0 aromatic carbocycles. The molecule has 0 bridgehead atoms. The van der Waals surface area contributed by atoms with E-state index in [0.717, 1.165) is 24.6 Å². The lowest BCUT2D eigenvalue weighted by atomic mass is 10.0. The van der Waals surface area contributed by atoms with Gasteiger partial charge in [0.1, 0.15) is 5.56 Å². The van der Waals surface area contributed by atoms with E-state index in [9.17, 15) is 19.1 Å². The highest BCUT2D eigenvalue weighted by Crippen LogP contribution is 2.44. The molecule has 1 aliphatic carbocycles. The molecule has 0 amide bonds. The predicted molar refractivity (Wildman–Crippen MR) is 96.6 cm³/mol. The number of fused-ring (bicyclic) bond motifs is 1. The average Bonchev–Trinajstić information content (AvgIpc) is 3.35. The fourth-order valence-corrected chi connectivity index (χ4v) is 4.06. The van der Waals surface area contributed by atoms with Crippen LogP contribution in [0.4, 0.5) is 10.1 Å². The number of hydrogen-bond donors (Lipinski definition) is 2. The minimum absolute atomic E-state index is 0.0236. The zero-order chi connectivity index (χ0) is 18.7. The second-order valence-corrected chi connectivity index (χ2v) is 7.61. The normalized spacial score (nSPS) is 23.0. The molecule has 2 aliphatic rings. The Morgan fingerprint density at radius 2 is 2.04 bits per heavy atom. The molecule has 7 heteroatoms. The molecule has 6 nitrogen and oxygen atoms in total. The van der Waals surface area contributed by atoms with E-state index < -0.39 is 17.3 Å². The van der Waals surface area contributed by atoms with E-state index in [0.29, 0.717) is 29.9 Å². The average molecular weight is 359 g/mol. The fraction of sp³-hybridized carbons (Fsp3) is 0.474. The summed E-state index contributed by atoms with van der Waals surface area (Å²) in [5, 5.41) is 9.35. The van der Waals surface area contributed by atoms with E-state index in [1.165, 1.54) is 10.5 Å². The zero-order valence-corrected chi connectivity index (χ0v) is 14.8. The lowest BCUT2D eigenvalue weighted by Crippen LogP contribution is -2.30. The number of aryl methyl sites for hydroxylation is 1. The van der Waals surface area contributed by atoms with Gasteiger partial charge in [0.25, 0.3) is 5.56 Å². The molecule has 1 aliphatic heterocycles. The van der Waals surface area contributed by atoms with Gasteiger partial charge >= 0.3 is 5.97 Å². The van der Waals surface area contributed by atoms with Crippen molar-refractivity contribution in [2.24, 2.45) is 11.7 Å². The Bertz CT molecular complexity index is 970. The molecule has 2 fully saturated rings. The number of carbonyl (C=O) groups is 1. The van der Waals surface area contributed by atoms with Crippen LogP contribution in [-0.4, -0.2) is 34.6 Å². The van der Waals surface area contributed by atoms with Crippen molar-refractivity contribution in [3.63, 3.8) is 0 Å². The van der Waals surface area contributed by atoms with Crippen LogP contribution < -0.4 is 16.2 Å². The third kappa shape index (κ3) is 2.49. The van der Waals surface area contributed by atoms with Crippen LogP contribution >= 0.6 is 0 Å². The highest BCUT2D eigenvalue weighted by molar-refractivity contribution is 5.89. The van der Waals surface area contributed by atoms with Gasteiger partial charge in [0.05, 0.1) is 17.4 Å². The van der Waals surface area contributed by atoms with Crippen LogP contribution in [0.1, 0.15) is 47.2 Å². The summed E-state index contributed by atoms with van der Waals surface area (Å²) in [6.45, 7) is 5.06. The highest BCUT2D eigenvalue weighted by Gasteiger charge is 2.33. The molecule has 0 unspecified atom stereocenters. The lowest BCUT2D eigenvalue weighted by molar-refractivity contribution is 0.0694. The van der Waals surface area contributed by atoms with Crippen LogP contribution in [0.3, 0.4) is 0 Å². The van der Waals surface area contributed by atoms with Gasteiger partial charge in [-0.2, -0.15) is 0 Å². The van der Waals surface area contributed by atoms with Crippen molar-refractivity contribution >= 4 is 17.2 Å². The molecule has 0 spiro atoms. The first-order valence-corrected chi connectivity index (χ1v) is 8.91. The Kier molecular flexibility index (Phi) is 3.80. The molecule has 3 heterocycles. The third-order valence-electron chi connectivity index (χ3n) is 5.68. The number of nitrogens with zero attached hydrogens (tertiary/aromatic N) is 2. The van der Waals surface area contributed by atoms with Gasteiger partial charge < -0.3 is 15.7 Å². The maximum Gasteiger partial charge on any atom is 0.341 e. The van der Waals surface area contributed by atoms with Crippen molar-refractivity contribution in [3.05, 3.63) is 45.1 Å². The third-order valence-corrected chi connectivity index (χ3v) is 5.68. The van der Waals surface area contributed by atoms with E-state index in [2.05, 4.69) is 0 Å². The molecule has 1 saturated heterocycles. The van der Waals surface area contributed by atoms with E-state index in [1.807, 2.05) is 11.8 Å². The monoisotopic (exact) mass is 359 g/mol. The van der Waals surface area contributed by atoms with E-state index in [4.69, 9.17) is 5.73 Å². The fourth-order valence-electron chi connectivity index (χ4n) is 4.06. The summed E-state index contributed by atoms with van der Waals surface area (Å²) in [5.74, 6) is -1.33. The minimum Gasteiger partial charge on any atom is -0.477 e. The second-order valence-electron chi connectivity index (χ2n) is 7.61. The summed E-state index contributed by atoms with van der Waals surface area (Å²) in [4.78, 5) is 26.0. The maximum absolute atomic E-state index is 15.0. The van der Waals surface area contributed by atoms with Crippen molar-refractivity contribution in [1.29, 1.82) is 0 Å². The number of carboxylic acids is 1. The van der Waals surface area contributed by atoms with Gasteiger partial charge in [0.2, 0.25) is 0 Å². The van der Waals surface area contributed by atoms with Crippen molar-refractivity contribution in [2.75, 3.05) is 18.0 Å². The predicted octanol–water partition coefficient (Wildman–Crippen LogP) is 2.11. The number of aromatic nitrogens is 1. The Balaban J connectivity index is 2.00. The van der Waals surface area contributed by atoms with Gasteiger partial charge in [0, 0.05) is 19.1 Å². The Hall–Kier alpha value is -2.41. The number of rotatable bonds is 3. The molecule has 3 N–H and O–H groups in total. The maximum atomic E-state index is 15.0. The topological polar surface area (TPSA) is 88.0 Å². The number of nitrogens with two attached hydrogens (primary N) is 1. The Labute approximate surface area is 150 Å². The first-order valence-electron chi connectivity index (χ1n) is 8.91. The standard InChI is InChI=1S/C19H22FN3O3/c1-9-6-22(8-15(9)21)17-10(2)16-12(11-3-4-11)5-13(19(25)26)18(24)23(16)7-14(17)20/h5,7,9,11,15H,3-4,6,8,21H2,1-2H3,(H,25,26)/t9-,15-/m1/s1. The molecular formula is C19H22FN3O3. The molecule has 2 atom stereocenters. The van der Waals surface area contributed by atoms with Gasteiger partial charge in [-0.25, -0.2) is 9.18 Å². The summed E-state index contributed by atoms with van der Waals surface area (Å²) in [6.07, 6.45) is 3.03. The molecule has 26 heavy (non-hydrogen) atoms. The van der Waals surface area contributed by atoms with Crippen molar-refractivity contribution < 1.29 is 14.3 Å². The van der Waals surface area contributed by atoms with Crippen LogP contribution in [0.2, 0.25) is 0 Å². The molecule has 4 rings (SSSR count). The van der Waals surface area contributed by atoms with Crippen LogP contribution in [0.5, 0.6) is 0 Å². The quantitative estimate of drug-likeness (QED) is 0.876. The number of hydrogen-bond acceptors (Lipinski definition) is 4. The summed E-state index contributed by atoms with van der Waals surface area (Å²) in [7, 11) is 0. The number of halogens is 1. The molecule has 0 radical (unpaired) electrons. The molecular weight excluding hydrogens is 337 g/mol. The van der Waals surface area contributed by atoms with Crippen LogP contribution in [0.15, 0.2) is 17.1 Å². The highest BCUT2D eigenvalue weighted by atomic mass is 19.1. The molecule has 1 saturated carbocycles. The number of carboxylic acid groups (broad SMARTS) is 1. The zero-order valence-electron chi connectivity index (χ0n) is 14.8. The molecule has 138 valence electrons. The lowest BCUT2D eigenvalue weighted by Gasteiger charge is -2.24. The van der Waals surface area contributed by atoms with E-state index >= 15 is 0 Å². The first-order chi connectivity index (χ1) is 12.3. The number of aromatic carboxylic acids is 1. The largest absolute Gasteiger partial charge is 0.477 e. The van der Waals surface area contributed by atoms with Crippen LogP contribution in [0.25, 0.3) is 5.52 Å². The summed E-state index contributed by atoms with van der Waals surface area (Å²) in [6, 6.07) is 1.45. The Morgan fingerprint density at radius 1 is 1.35 bits per heavy atom. The minimum atomic E-state index is -1.28. The number of pyridine rings is 2. The van der Waals surface area contributed by atoms with Gasteiger partial charge in [-0.05, 0) is 48.8 Å². The van der Waals surface area contributed by atoms with E-state index in [1.54, 1.807) is 6.92 Å². The first kappa shape index (κ1) is 17.0. The molecule has 2 aromatic heterocycles. The van der Waals surface area contributed by atoms with Crippen molar-refractivity contribution in [2.45, 2.75) is 38.6 Å². The van der Waals surface area contributed by atoms with Crippen LogP contribution in [0, 0.1) is 18.7 Å². The Morgan fingerprint density at radius 3 is 2.58 bits per heavy atom. The SMILES string of the molecule is Cc1c(N2C[C@@H](C)[C@H](N)C2)c(F)cn2c(=O)c(C(=O)O)cc(C3CC3)c12. The van der Waals surface area contributed by atoms with Gasteiger partial charge in [-0.1, -0.05) is 6.92 Å². The number of anilines is 1. The van der Waals surface area contributed by atoms with Gasteiger partial charge in [-0.3, -0.25) is 9.20 Å². The summed E-state index contributed by atoms with van der Waals surface area (Å²) < 4.78 is 16.1. The smallest absolute Gasteiger partial charge is 0.341 e. The molecule has 2 aromatic rings. The van der Waals surface area contributed by atoms with E-state index in [-0.39, 0.29) is 23.4 Å². The summed E-state index contributed by atoms with van der Waals surface area (Å²) in [5.41, 5.74) is 7.67. The van der Waals surface area contributed by atoms with Gasteiger partial charge in [0.15, 0.2) is 5.82 Å². The van der Waals surface area contributed by atoms with Gasteiger partial charge in [-0.15, -0.1) is 0 Å². The summed E-state index contributed by atoms with van der Waals surface area (Å²) >= 11 is 0. The van der Waals surface area contributed by atoms with Crippen molar-refractivity contribution in [3.8, 4) is 0 Å². The second kappa shape index (κ2) is 5.81. The van der Waals surface area contributed by atoms with Crippen molar-refractivity contribution in [1.82, 2.24) is 4.40 Å².